The first-order valence-corrected chi connectivity index (χ1v) is 3.99. The Kier molecular flexibility index (Phi) is 1.46. The Bertz CT molecular complexity index is 234. The highest BCUT2D eigenvalue weighted by atomic mass is 16.3. The molecule has 0 radical (unpaired) electrons. The van der Waals surface area contributed by atoms with Crippen LogP contribution in [0.25, 0.3) is 0 Å². The third kappa shape index (κ3) is 1.16. The van der Waals surface area contributed by atoms with Crippen LogP contribution in [0, 0.1) is 0 Å². The second-order valence-electron chi connectivity index (χ2n) is 3.13. The number of rotatable bonds is 2. The number of aliphatic hydroxyl groups excluding tert-OH is 1. The number of aromatic nitrogens is 2. The van der Waals surface area contributed by atoms with Gasteiger partial charge in [-0.1, -0.05) is 0 Å². The molecule has 1 saturated carbocycles. The number of nitrogens with zero attached hydrogens (tertiary/aromatic N) is 2. The van der Waals surface area contributed by atoms with Crippen LogP contribution in [0.1, 0.15) is 37.6 Å². The van der Waals surface area contributed by atoms with Gasteiger partial charge >= 0.3 is 0 Å². The Balaban J connectivity index is 2.30. The van der Waals surface area contributed by atoms with E-state index in [4.69, 9.17) is 0 Å². The molecule has 3 nitrogen and oxygen atoms in total. The maximum absolute atomic E-state index is 9.31. The molecule has 1 aliphatic carbocycles. The van der Waals surface area contributed by atoms with E-state index in [0.717, 1.165) is 5.69 Å². The zero-order chi connectivity index (χ0) is 7.84. The normalized spacial score (nSPS) is 20.2. The average Bonchev–Trinajstić information content (AvgIpc) is 2.68. The van der Waals surface area contributed by atoms with Crippen molar-refractivity contribution in [3.05, 3.63) is 18.2 Å². The Morgan fingerprint density at radius 1 is 1.73 bits per heavy atom. The lowest BCUT2D eigenvalue weighted by Gasteiger charge is -2.07. The molecule has 60 valence electrons. The molecule has 0 saturated heterocycles. The predicted octanol–water partition coefficient (Wildman–Crippen LogP) is 1.27. The van der Waals surface area contributed by atoms with Gasteiger partial charge in [0.25, 0.3) is 0 Å². The van der Waals surface area contributed by atoms with E-state index in [1.807, 2.05) is 0 Å². The standard InChI is InChI=1S/C8H12N2O/c1-6(11)8-4-9-5-10(8)7-2-3-7/h4-7,11H,2-3H2,1H3. The molecule has 2 rings (SSSR count). The molecule has 1 heterocycles. The van der Waals surface area contributed by atoms with Crippen molar-refractivity contribution in [1.82, 2.24) is 9.55 Å². The number of hydrogen-bond acceptors (Lipinski definition) is 2. The van der Waals surface area contributed by atoms with Gasteiger partial charge in [0.2, 0.25) is 0 Å². The van der Waals surface area contributed by atoms with Crippen LogP contribution in [-0.4, -0.2) is 14.7 Å². The first kappa shape index (κ1) is 6.85. The van der Waals surface area contributed by atoms with Crippen molar-refractivity contribution in [2.75, 3.05) is 0 Å². The molecular formula is C8H12N2O. The van der Waals surface area contributed by atoms with Crippen LogP contribution >= 0.6 is 0 Å². The lowest BCUT2D eigenvalue weighted by molar-refractivity contribution is 0.189. The van der Waals surface area contributed by atoms with Gasteiger partial charge in [0.15, 0.2) is 0 Å². The van der Waals surface area contributed by atoms with Crippen molar-refractivity contribution < 1.29 is 5.11 Å². The molecule has 1 atom stereocenters. The molecule has 0 spiro atoms. The smallest absolute Gasteiger partial charge is 0.0951 e. The van der Waals surface area contributed by atoms with E-state index in [1.165, 1.54) is 12.8 Å². The molecule has 1 aromatic heterocycles. The molecular weight excluding hydrogens is 140 g/mol. The minimum atomic E-state index is -0.391. The summed E-state index contributed by atoms with van der Waals surface area (Å²) in [7, 11) is 0. The van der Waals surface area contributed by atoms with E-state index in [0.29, 0.717) is 6.04 Å². The van der Waals surface area contributed by atoms with Crippen LogP contribution in [0.4, 0.5) is 0 Å². The van der Waals surface area contributed by atoms with Crippen molar-refractivity contribution in [2.45, 2.75) is 31.9 Å². The topological polar surface area (TPSA) is 38.1 Å². The Morgan fingerprint density at radius 3 is 3.00 bits per heavy atom. The largest absolute Gasteiger partial charge is 0.387 e. The maximum atomic E-state index is 9.31. The summed E-state index contributed by atoms with van der Waals surface area (Å²) in [6.07, 6.45) is 5.62. The lowest BCUT2D eigenvalue weighted by Crippen LogP contribution is -2.01. The third-order valence-corrected chi connectivity index (χ3v) is 2.06. The lowest BCUT2D eigenvalue weighted by atomic mass is 10.3. The highest BCUT2D eigenvalue weighted by Crippen LogP contribution is 2.36. The van der Waals surface area contributed by atoms with Crippen LogP contribution < -0.4 is 0 Å². The molecule has 0 bridgehead atoms. The Labute approximate surface area is 65.7 Å². The summed E-state index contributed by atoms with van der Waals surface area (Å²) in [6.45, 7) is 1.77. The molecule has 1 fully saturated rings. The van der Waals surface area contributed by atoms with Gasteiger partial charge in [-0.2, -0.15) is 0 Å². The monoisotopic (exact) mass is 152 g/mol. The molecule has 0 aromatic carbocycles. The van der Waals surface area contributed by atoms with Crippen LogP contribution in [0.2, 0.25) is 0 Å². The summed E-state index contributed by atoms with van der Waals surface area (Å²) < 4.78 is 2.07. The Morgan fingerprint density at radius 2 is 2.45 bits per heavy atom. The second kappa shape index (κ2) is 2.34. The van der Waals surface area contributed by atoms with Gasteiger partial charge in [0, 0.05) is 6.04 Å². The van der Waals surface area contributed by atoms with Gasteiger partial charge in [0.05, 0.1) is 24.3 Å². The molecule has 3 heteroatoms. The number of aliphatic hydroxyl groups is 1. The summed E-state index contributed by atoms with van der Waals surface area (Å²) in [5.41, 5.74) is 0.938. The van der Waals surface area contributed by atoms with Crippen LogP contribution in [0.3, 0.4) is 0 Å². The molecule has 0 aliphatic heterocycles. The van der Waals surface area contributed by atoms with E-state index in [9.17, 15) is 5.11 Å². The summed E-state index contributed by atoms with van der Waals surface area (Å²) in [4.78, 5) is 4.01. The average molecular weight is 152 g/mol. The van der Waals surface area contributed by atoms with Gasteiger partial charge in [-0.3, -0.25) is 0 Å². The minimum Gasteiger partial charge on any atom is -0.387 e. The fraction of sp³-hybridized carbons (Fsp3) is 0.625. The molecule has 11 heavy (non-hydrogen) atoms. The molecule has 0 amide bonds. The summed E-state index contributed by atoms with van der Waals surface area (Å²) in [6, 6.07) is 0.613. The van der Waals surface area contributed by atoms with E-state index in [2.05, 4.69) is 9.55 Å². The SMILES string of the molecule is CC(O)c1cncn1C1CC1. The van der Waals surface area contributed by atoms with Crippen molar-refractivity contribution in [3.8, 4) is 0 Å². The third-order valence-electron chi connectivity index (χ3n) is 2.06. The van der Waals surface area contributed by atoms with Crippen molar-refractivity contribution in [2.24, 2.45) is 0 Å². The molecule has 1 N–H and O–H groups in total. The highest BCUT2D eigenvalue weighted by Gasteiger charge is 2.26. The maximum Gasteiger partial charge on any atom is 0.0951 e. The van der Waals surface area contributed by atoms with Crippen LogP contribution in [0.5, 0.6) is 0 Å². The van der Waals surface area contributed by atoms with Crippen molar-refractivity contribution in [3.63, 3.8) is 0 Å². The van der Waals surface area contributed by atoms with E-state index < -0.39 is 6.10 Å². The van der Waals surface area contributed by atoms with Gasteiger partial charge < -0.3 is 9.67 Å². The number of imidazole rings is 1. The zero-order valence-electron chi connectivity index (χ0n) is 6.57. The van der Waals surface area contributed by atoms with Crippen LogP contribution in [0.15, 0.2) is 12.5 Å². The molecule has 1 unspecified atom stereocenters. The summed E-state index contributed by atoms with van der Waals surface area (Å²) in [5.74, 6) is 0. The molecule has 1 aliphatic rings. The quantitative estimate of drug-likeness (QED) is 0.693. The van der Waals surface area contributed by atoms with E-state index in [-0.39, 0.29) is 0 Å². The van der Waals surface area contributed by atoms with E-state index in [1.54, 1.807) is 19.4 Å². The predicted molar refractivity (Wildman–Crippen MR) is 41.1 cm³/mol. The number of hydrogen-bond donors (Lipinski definition) is 1. The van der Waals surface area contributed by atoms with Crippen molar-refractivity contribution in [1.29, 1.82) is 0 Å². The Hall–Kier alpha value is -0.830. The molecule has 1 aromatic rings. The first-order valence-electron chi connectivity index (χ1n) is 3.99. The second-order valence-corrected chi connectivity index (χ2v) is 3.13. The summed E-state index contributed by atoms with van der Waals surface area (Å²) in [5, 5.41) is 9.31. The van der Waals surface area contributed by atoms with Gasteiger partial charge in [-0.15, -0.1) is 0 Å². The fourth-order valence-electron chi connectivity index (χ4n) is 1.30. The van der Waals surface area contributed by atoms with Gasteiger partial charge in [0.1, 0.15) is 0 Å². The zero-order valence-corrected chi connectivity index (χ0v) is 6.57. The van der Waals surface area contributed by atoms with Crippen molar-refractivity contribution >= 4 is 0 Å². The minimum absolute atomic E-state index is 0.391. The fourth-order valence-corrected chi connectivity index (χ4v) is 1.30. The first-order chi connectivity index (χ1) is 5.29. The van der Waals surface area contributed by atoms with Gasteiger partial charge in [-0.05, 0) is 19.8 Å². The van der Waals surface area contributed by atoms with E-state index >= 15 is 0 Å². The highest BCUT2D eigenvalue weighted by molar-refractivity contribution is 5.05. The van der Waals surface area contributed by atoms with Crippen LogP contribution in [-0.2, 0) is 0 Å². The summed E-state index contributed by atoms with van der Waals surface area (Å²) >= 11 is 0. The van der Waals surface area contributed by atoms with Gasteiger partial charge in [-0.25, -0.2) is 4.98 Å².